The zero-order valence-corrected chi connectivity index (χ0v) is 10.6. The third-order valence-corrected chi connectivity index (χ3v) is 3.94. The highest BCUT2D eigenvalue weighted by Gasteiger charge is 2.63. The molecule has 3 saturated heterocycles. The second-order valence-corrected chi connectivity index (χ2v) is 5.39. The molecule has 5 nitrogen and oxygen atoms in total. The van der Waals surface area contributed by atoms with Gasteiger partial charge in [-0.3, -0.25) is 14.4 Å². The molecule has 2 bridgehead atoms. The smallest absolute Gasteiger partial charge is 0.260 e. The van der Waals surface area contributed by atoms with Crippen molar-refractivity contribution in [3.05, 3.63) is 11.6 Å². The van der Waals surface area contributed by atoms with Gasteiger partial charge in [-0.1, -0.05) is 11.6 Å². The summed E-state index contributed by atoms with van der Waals surface area (Å²) in [5.74, 6) is -1.05. The minimum atomic E-state index is -0.303. The van der Waals surface area contributed by atoms with Crippen LogP contribution in [-0.4, -0.2) is 35.7 Å². The van der Waals surface area contributed by atoms with E-state index in [1.54, 1.807) is 0 Å². The maximum Gasteiger partial charge on any atom is 0.260 e. The van der Waals surface area contributed by atoms with Crippen molar-refractivity contribution >= 4 is 11.8 Å². The monoisotopic (exact) mass is 251 g/mol. The van der Waals surface area contributed by atoms with Gasteiger partial charge in [0.25, 0.3) is 11.8 Å². The van der Waals surface area contributed by atoms with Crippen molar-refractivity contribution in [2.45, 2.75) is 38.9 Å². The first-order chi connectivity index (χ1) is 8.59. The molecular weight excluding hydrogens is 234 g/mol. The fourth-order valence-electron chi connectivity index (χ4n) is 3.09. The Labute approximate surface area is 106 Å². The van der Waals surface area contributed by atoms with Crippen LogP contribution in [-0.2, 0) is 19.2 Å². The van der Waals surface area contributed by atoms with Crippen molar-refractivity contribution in [3.8, 4) is 0 Å². The highest BCUT2D eigenvalue weighted by molar-refractivity contribution is 6.05. The minimum Gasteiger partial charge on any atom is -0.373 e. The molecule has 0 N–H and O–H groups in total. The Balaban J connectivity index is 1.72. The summed E-state index contributed by atoms with van der Waals surface area (Å²) in [6, 6.07) is 0. The summed E-state index contributed by atoms with van der Waals surface area (Å²) in [6.07, 6.45) is 3.46. The van der Waals surface area contributed by atoms with E-state index in [9.17, 15) is 9.59 Å². The van der Waals surface area contributed by atoms with Gasteiger partial charge in [-0.15, -0.1) is 0 Å². The Morgan fingerprint density at radius 3 is 2.33 bits per heavy atom. The molecule has 0 saturated carbocycles. The van der Waals surface area contributed by atoms with Crippen molar-refractivity contribution in [3.63, 3.8) is 0 Å². The number of hydroxylamine groups is 2. The molecule has 0 aliphatic carbocycles. The lowest BCUT2D eigenvalue weighted by molar-refractivity contribution is -0.188. The number of carbonyl (C=O) groups excluding carboxylic acids is 2. The average Bonchev–Trinajstić information content (AvgIpc) is 2.97. The van der Waals surface area contributed by atoms with Crippen LogP contribution < -0.4 is 0 Å². The highest BCUT2D eigenvalue weighted by Crippen LogP contribution is 2.48. The van der Waals surface area contributed by atoms with Gasteiger partial charge in [0.1, 0.15) is 0 Å². The Bertz CT molecular complexity index is 399. The standard InChI is InChI=1S/C13H17NO4/c1-7(2)5-6-17-14-12(15)10-8-3-4-9(18-8)11(10)13(14)16/h5,8-11H,3-4,6H2,1-2H3/t8-,9+,10-,11+. The number of rotatable bonds is 3. The maximum atomic E-state index is 12.1. The second kappa shape index (κ2) is 4.17. The number of imide groups is 1. The first-order valence-corrected chi connectivity index (χ1v) is 6.39. The summed E-state index contributed by atoms with van der Waals surface area (Å²) in [7, 11) is 0. The van der Waals surface area contributed by atoms with E-state index in [0.717, 1.165) is 23.5 Å². The molecule has 98 valence electrons. The van der Waals surface area contributed by atoms with Gasteiger partial charge in [-0.25, -0.2) is 0 Å². The predicted molar refractivity (Wildman–Crippen MR) is 62.1 cm³/mol. The van der Waals surface area contributed by atoms with E-state index < -0.39 is 0 Å². The first kappa shape index (κ1) is 11.9. The van der Waals surface area contributed by atoms with Gasteiger partial charge in [0.05, 0.1) is 30.7 Å². The summed E-state index contributed by atoms with van der Waals surface area (Å²) < 4.78 is 5.64. The third kappa shape index (κ3) is 1.61. The van der Waals surface area contributed by atoms with Crippen LogP contribution >= 0.6 is 0 Å². The van der Waals surface area contributed by atoms with E-state index in [0.29, 0.717) is 0 Å². The molecule has 3 heterocycles. The Kier molecular flexibility index (Phi) is 2.75. The molecule has 0 unspecified atom stereocenters. The molecule has 3 rings (SSSR count). The number of hydrogen-bond donors (Lipinski definition) is 0. The van der Waals surface area contributed by atoms with Crippen LogP contribution in [0, 0.1) is 11.8 Å². The summed E-state index contributed by atoms with van der Waals surface area (Å²) in [5.41, 5.74) is 1.10. The second-order valence-electron chi connectivity index (χ2n) is 5.39. The number of fused-ring (bicyclic) bond motifs is 5. The Morgan fingerprint density at radius 1 is 1.28 bits per heavy atom. The van der Waals surface area contributed by atoms with E-state index in [4.69, 9.17) is 9.57 Å². The molecule has 3 fully saturated rings. The predicted octanol–water partition coefficient (Wildman–Crippen LogP) is 1.05. The van der Waals surface area contributed by atoms with Crippen LogP contribution in [0.3, 0.4) is 0 Å². The Hall–Kier alpha value is -1.20. The van der Waals surface area contributed by atoms with Gasteiger partial charge in [0.15, 0.2) is 0 Å². The van der Waals surface area contributed by atoms with E-state index in [-0.39, 0.29) is 42.5 Å². The largest absolute Gasteiger partial charge is 0.373 e. The third-order valence-electron chi connectivity index (χ3n) is 3.94. The quantitative estimate of drug-likeness (QED) is 0.555. The lowest BCUT2D eigenvalue weighted by atomic mass is 9.81. The van der Waals surface area contributed by atoms with Crippen molar-refractivity contribution in [2.75, 3.05) is 6.61 Å². The SMILES string of the molecule is CC(C)=CCON1C(=O)[C@@H]2[C@H](C1=O)[C@H]1CC[C@@H]2O1. The molecule has 18 heavy (non-hydrogen) atoms. The van der Waals surface area contributed by atoms with Gasteiger partial charge < -0.3 is 4.74 Å². The number of amides is 2. The molecule has 0 radical (unpaired) electrons. The van der Waals surface area contributed by atoms with E-state index in [2.05, 4.69) is 0 Å². The van der Waals surface area contributed by atoms with Gasteiger partial charge in [-0.2, -0.15) is 5.06 Å². The molecule has 0 aromatic heterocycles. The molecule has 3 aliphatic rings. The summed E-state index contributed by atoms with van der Waals surface area (Å²) >= 11 is 0. The lowest BCUT2D eigenvalue weighted by Gasteiger charge is -2.15. The van der Waals surface area contributed by atoms with Crippen molar-refractivity contribution in [1.29, 1.82) is 0 Å². The molecule has 4 atom stereocenters. The van der Waals surface area contributed by atoms with Crippen LogP contribution in [0.2, 0.25) is 0 Å². The topological polar surface area (TPSA) is 55.8 Å². The van der Waals surface area contributed by atoms with Gasteiger partial charge in [0, 0.05) is 0 Å². The number of ether oxygens (including phenoxy) is 1. The van der Waals surface area contributed by atoms with Gasteiger partial charge in [-0.05, 0) is 26.7 Å². The normalized spacial score (nSPS) is 37.3. The lowest BCUT2D eigenvalue weighted by Crippen LogP contribution is -2.34. The van der Waals surface area contributed by atoms with Gasteiger partial charge in [0.2, 0.25) is 0 Å². The minimum absolute atomic E-state index is 0.0755. The first-order valence-electron chi connectivity index (χ1n) is 6.39. The van der Waals surface area contributed by atoms with Crippen molar-refractivity contribution < 1.29 is 19.2 Å². The van der Waals surface area contributed by atoms with Crippen LogP contribution in [0.15, 0.2) is 11.6 Å². The number of allylic oxidation sites excluding steroid dienone is 1. The molecule has 3 aliphatic heterocycles. The van der Waals surface area contributed by atoms with Crippen LogP contribution in [0.4, 0.5) is 0 Å². The molecule has 0 aromatic rings. The van der Waals surface area contributed by atoms with Crippen LogP contribution in [0.1, 0.15) is 26.7 Å². The zero-order valence-electron chi connectivity index (χ0n) is 10.6. The number of nitrogens with zero attached hydrogens (tertiary/aromatic N) is 1. The molecule has 2 amide bonds. The Morgan fingerprint density at radius 2 is 1.83 bits per heavy atom. The van der Waals surface area contributed by atoms with Crippen molar-refractivity contribution in [1.82, 2.24) is 5.06 Å². The fraction of sp³-hybridized carbons (Fsp3) is 0.692. The molecule has 5 heteroatoms. The fourth-order valence-corrected chi connectivity index (χ4v) is 3.09. The highest BCUT2D eigenvalue weighted by atomic mass is 16.7. The summed E-state index contributed by atoms with van der Waals surface area (Å²) in [6.45, 7) is 4.15. The van der Waals surface area contributed by atoms with E-state index in [1.165, 1.54) is 0 Å². The van der Waals surface area contributed by atoms with Crippen LogP contribution in [0.5, 0.6) is 0 Å². The average molecular weight is 251 g/mol. The van der Waals surface area contributed by atoms with Crippen molar-refractivity contribution in [2.24, 2.45) is 11.8 Å². The molecular formula is C13H17NO4. The molecule has 0 aromatic carbocycles. The number of hydrogen-bond acceptors (Lipinski definition) is 4. The summed E-state index contributed by atoms with van der Waals surface area (Å²) in [5, 5.41) is 0.961. The number of carbonyl (C=O) groups is 2. The van der Waals surface area contributed by atoms with Crippen LogP contribution in [0.25, 0.3) is 0 Å². The molecule has 0 spiro atoms. The summed E-state index contributed by atoms with van der Waals surface area (Å²) in [4.78, 5) is 29.6. The van der Waals surface area contributed by atoms with Gasteiger partial charge >= 0.3 is 0 Å². The maximum absolute atomic E-state index is 12.1. The van der Waals surface area contributed by atoms with E-state index in [1.807, 2.05) is 19.9 Å². The zero-order chi connectivity index (χ0) is 12.9. The van der Waals surface area contributed by atoms with E-state index >= 15 is 0 Å².